The van der Waals surface area contributed by atoms with Gasteiger partial charge in [0.1, 0.15) is 0 Å². The Hall–Kier alpha value is -2.64. The number of likely N-dealkylation sites (tertiary alicyclic amines) is 1. The van der Waals surface area contributed by atoms with Crippen molar-refractivity contribution in [3.8, 4) is 0 Å². The molecule has 1 saturated heterocycles. The van der Waals surface area contributed by atoms with Crippen LogP contribution in [0.15, 0.2) is 61.2 Å². The van der Waals surface area contributed by atoms with Crippen LogP contribution in [0.3, 0.4) is 0 Å². The summed E-state index contributed by atoms with van der Waals surface area (Å²) < 4.78 is 40.5. The fraction of sp³-hybridized carbons (Fsp3) is 0.483. The Morgan fingerprint density at radius 2 is 1.86 bits per heavy atom. The number of aliphatic hydroxyl groups is 1. The number of aliphatic hydroxyl groups excluding tert-OH is 1. The second kappa shape index (κ2) is 11.2. The summed E-state index contributed by atoms with van der Waals surface area (Å²) in [6, 6.07) is 12.9. The highest BCUT2D eigenvalue weighted by atomic mass is 19.4. The van der Waals surface area contributed by atoms with E-state index in [4.69, 9.17) is 0 Å². The lowest BCUT2D eigenvalue weighted by Gasteiger charge is -2.35. The number of hydrogen-bond donors (Lipinski definition) is 1. The minimum atomic E-state index is -4.43. The van der Waals surface area contributed by atoms with Crippen molar-refractivity contribution >= 4 is 5.91 Å². The first-order valence-electron chi connectivity index (χ1n) is 12.4. The molecule has 0 spiro atoms. The molecule has 2 aromatic carbocycles. The molecule has 0 radical (unpaired) electrons. The van der Waals surface area contributed by atoms with Gasteiger partial charge in [0, 0.05) is 37.7 Å². The second-order valence-corrected chi connectivity index (χ2v) is 10.6. The van der Waals surface area contributed by atoms with Gasteiger partial charge in [-0.1, -0.05) is 55.8 Å². The zero-order chi connectivity index (χ0) is 26.7. The van der Waals surface area contributed by atoms with Crippen LogP contribution in [-0.2, 0) is 6.18 Å². The summed E-state index contributed by atoms with van der Waals surface area (Å²) in [6.07, 6.45) is -2.75. The molecule has 1 aliphatic heterocycles. The lowest BCUT2D eigenvalue weighted by atomic mass is 9.87. The molecule has 0 saturated carbocycles. The van der Waals surface area contributed by atoms with Gasteiger partial charge in [0.15, 0.2) is 0 Å². The van der Waals surface area contributed by atoms with Gasteiger partial charge >= 0.3 is 6.18 Å². The van der Waals surface area contributed by atoms with Gasteiger partial charge in [-0.15, -0.1) is 6.58 Å². The summed E-state index contributed by atoms with van der Waals surface area (Å²) in [5.41, 5.74) is 0.858. The molecule has 3 atom stereocenters. The minimum Gasteiger partial charge on any atom is -0.394 e. The van der Waals surface area contributed by atoms with E-state index in [1.807, 2.05) is 56.9 Å². The molecule has 0 aromatic heterocycles. The highest BCUT2D eigenvalue weighted by molar-refractivity contribution is 5.94. The molecule has 0 bridgehead atoms. The van der Waals surface area contributed by atoms with Gasteiger partial charge in [0.25, 0.3) is 5.91 Å². The maximum atomic E-state index is 13.5. The average Bonchev–Trinajstić information content (AvgIpc) is 3.27. The van der Waals surface area contributed by atoms with E-state index in [1.54, 1.807) is 12.1 Å². The molecule has 1 heterocycles. The van der Waals surface area contributed by atoms with Gasteiger partial charge in [-0.3, -0.25) is 9.69 Å². The molecule has 1 N–H and O–H groups in total. The standard InChI is InChI=1S/C29H37F3N2O2/c1-6-28(5,19-35)34-17-24(26(18-34)23-8-7-9-25(14-23)29(30,31)32)16-33(15-20(2)3)27(36)22-12-10-21(4)11-13-22/h6-14,20,24,26,35H,1,15-19H2,2-5H3. The smallest absolute Gasteiger partial charge is 0.394 e. The monoisotopic (exact) mass is 502 g/mol. The van der Waals surface area contributed by atoms with Gasteiger partial charge < -0.3 is 10.0 Å². The van der Waals surface area contributed by atoms with Gasteiger partial charge in [0.2, 0.25) is 0 Å². The lowest BCUT2D eigenvalue weighted by molar-refractivity contribution is -0.137. The van der Waals surface area contributed by atoms with E-state index >= 15 is 0 Å². The van der Waals surface area contributed by atoms with Gasteiger partial charge in [-0.25, -0.2) is 0 Å². The normalized spacial score (nSPS) is 20.4. The van der Waals surface area contributed by atoms with Gasteiger partial charge in [-0.2, -0.15) is 13.2 Å². The zero-order valence-electron chi connectivity index (χ0n) is 21.6. The maximum Gasteiger partial charge on any atom is 0.416 e. The van der Waals surface area contributed by atoms with Crippen LogP contribution in [0.2, 0.25) is 0 Å². The molecule has 7 heteroatoms. The maximum absolute atomic E-state index is 13.5. The summed E-state index contributed by atoms with van der Waals surface area (Å²) in [7, 11) is 0. The second-order valence-electron chi connectivity index (χ2n) is 10.6. The lowest BCUT2D eigenvalue weighted by Crippen LogP contribution is -2.47. The molecule has 2 aromatic rings. The van der Waals surface area contributed by atoms with Crippen LogP contribution in [0.5, 0.6) is 0 Å². The van der Waals surface area contributed by atoms with Crippen molar-refractivity contribution < 1.29 is 23.1 Å². The van der Waals surface area contributed by atoms with E-state index in [2.05, 4.69) is 11.5 Å². The molecule has 36 heavy (non-hydrogen) atoms. The third kappa shape index (κ3) is 6.37. The first-order chi connectivity index (χ1) is 16.9. The highest BCUT2D eigenvalue weighted by Gasteiger charge is 2.42. The molecule has 1 fully saturated rings. The fourth-order valence-electron chi connectivity index (χ4n) is 4.93. The topological polar surface area (TPSA) is 43.8 Å². The molecular weight excluding hydrogens is 465 g/mol. The number of halogens is 3. The molecule has 1 amide bonds. The van der Waals surface area contributed by atoms with Crippen molar-refractivity contribution in [2.24, 2.45) is 11.8 Å². The number of aryl methyl sites for hydroxylation is 1. The summed E-state index contributed by atoms with van der Waals surface area (Å²) in [5.74, 6) is -0.218. The van der Waals surface area contributed by atoms with Crippen LogP contribution in [0.4, 0.5) is 13.2 Å². The van der Waals surface area contributed by atoms with Crippen molar-refractivity contribution in [1.82, 2.24) is 9.80 Å². The number of nitrogens with zero attached hydrogens (tertiary/aromatic N) is 2. The Kier molecular flexibility index (Phi) is 8.67. The summed E-state index contributed by atoms with van der Waals surface area (Å²) in [6.45, 7) is 13.6. The summed E-state index contributed by atoms with van der Waals surface area (Å²) in [4.78, 5) is 17.4. The van der Waals surface area contributed by atoms with Crippen molar-refractivity contribution in [3.63, 3.8) is 0 Å². The predicted molar refractivity (Wildman–Crippen MR) is 137 cm³/mol. The molecule has 3 rings (SSSR count). The predicted octanol–water partition coefficient (Wildman–Crippen LogP) is 5.76. The molecule has 1 aliphatic rings. The molecule has 196 valence electrons. The Morgan fingerprint density at radius 3 is 2.42 bits per heavy atom. The van der Waals surface area contributed by atoms with Gasteiger partial charge in [0.05, 0.1) is 17.7 Å². The number of alkyl halides is 3. The van der Waals surface area contributed by atoms with E-state index in [0.717, 1.165) is 11.6 Å². The Balaban J connectivity index is 1.97. The van der Waals surface area contributed by atoms with E-state index in [-0.39, 0.29) is 30.3 Å². The average molecular weight is 503 g/mol. The first-order valence-corrected chi connectivity index (χ1v) is 12.4. The molecular formula is C29H37F3N2O2. The largest absolute Gasteiger partial charge is 0.416 e. The number of amides is 1. The van der Waals surface area contributed by atoms with Crippen LogP contribution in [-0.4, -0.2) is 59.1 Å². The SMILES string of the molecule is C=CC(C)(CO)N1CC(CN(CC(C)C)C(=O)c2ccc(C)cc2)C(c2cccc(C(F)(F)F)c2)C1. The zero-order valence-corrected chi connectivity index (χ0v) is 21.6. The van der Waals surface area contributed by atoms with E-state index in [0.29, 0.717) is 37.3 Å². The van der Waals surface area contributed by atoms with Crippen molar-refractivity contribution in [3.05, 3.63) is 83.4 Å². The number of rotatable bonds is 9. The molecule has 3 unspecified atom stereocenters. The van der Waals surface area contributed by atoms with E-state index in [1.165, 1.54) is 12.1 Å². The summed E-state index contributed by atoms with van der Waals surface area (Å²) in [5, 5.41) is 10.1. The van der Waals surface area contributed by atoms with Crippen molar-refractivity contribution in [2.45, 2.75) is 45.3 Å². The Morgan fingerprint density at radius 1 is 1.19 bits per heavy atom. The Labute approximate surface area is 212 Å². The van der Waals surface area contributed by atoms with Crippen molar-refractivity contribution in [1.29, 1.82) is 0 Å². The third-order valence-electron chi connectivity index (χ3n) is 7.19. The first kappa shape index (κ1) is 27.9. The number of carbonyl (C=O) groups excluding carboxylic acids is 1. The minimum absolute atomic E-state index is 0.0846. The van der Waals surface area contributed by atoms with E-state index in [9.17, 15) is 23.1 Å². The molecule has 0 aliphatic carbocycles. The highest BCUT2D eigenvalue weighted by Crippen LogP contribution is 2.39. The van der Waals surface area contributed by atoms with Crippen LogP contribution < -0.4 is 0 Å². The fourth-order valence-corrected chi connectivity index (χ4v) is 4.93. The third-order valence-corrected chi connectivity index (χ3v) is 7.19. The van der Waals surface area contributed by atoms with Crippen LogP contribution in [0, 0.1) is 18.8 Å². The summed E-state index contributed by atoms with van der Waals surface area (Å²) >= 11 is 0. The van der Waals surface area contributed by atoms with E-state index < -0.39 is 17.3 Å². The Bertz CT molecular complexity index is 1050. The quantitative estimate of drug-likeness (QED) is 0.443. The number of benzene rings is 2. The van der Waals surface area contributed by atoms with Gasteiger partial charge in [-0.05, 0) is 49.4 Å². The van der Waals surface area contributed by atoms with Crippen LogP contribution in [0.1, 0.15) is 53.7 Å². The van der Waals surface area contributed by atoms with Crippen LogP contribution in [0.25, 0.3) is 0 Å². The van der Waals surface area contributed by atoms with Crippen LogP contribution >= 0.6 is 0 Å². The molecule has 4 nitrogen and oxygen atoms in total. The van der Waals surface area contributed by atoms with Crippen molar-refractivity contribution in [2.75, 3.05) is 32.8 Å². The number of carbonyl (C=O) groups is 1. The number of hydrogen-bond acceptors (Lipinski definition) is 3.